The minimum absolute atomic E-state index is 0. The molecule has 0 bridgehead atoms. The van der Waals surface area contributed by atoms with E-state index >= 15 is 0 Å². The fraction of sp³-hybridized carbons (Fsp3) is 0.278. The molecule has 0 aromatic heterocycles. The maximum atomic E-state index is 10.9. The molecule has 4 rings (SSSR count). The third kappa shape index (κ3) is 5.24. The molecule has 0 atom stereocenters. The second-order valence-electron chi connectivity index (χ2n) is 6.59. The van der Waals surface area contributed by atoms with Crippen molar-refractivity contribution in [3.63, 3.8) is 0 Å². The van der Waals surface area contributed by atoms with E-state index in [0.29, 0.717) is 28.0 Å². The number of halogens is 1. The smallest absolute Gasteiger partial charge is 0.716 e. The van der Waals surface area contributed by atoms with Crippen LogP contribution in [0.2, 0.25) is 5.02 Å². The zero-order valence-corrected chi connectivity index (χ0v) is 19.5. The van der Waals surface area contributed by atoms with Gasteiger partial charge in [0.1, 0.15) is 23.0 Å². The van der Waals surface area contributed by atoms with Crippen molar-refractivity contribution in [2.45, 2.75) is 0 Å². The zero-order valence-electron chi connectivity index (χ0n) is 16.0. The second kappa shape index (κ2) is 8.81. The number of piperazine rings is 1. The van der Waals surface area contributed by atoms with Crippen molar-refractivity contribution >= 4 is 33.5 Å². The van der Waals surface area contributed by atoms with Crippen molar-refractivity contribution < 1.29 is 51.4 Å². The Balaban J connectivity index is 0.00000240. The predicted molar refractivity (Wildman–Crippen MR) is 104 cm³/mol. The van der Waals surface area contributed by atoms with Crippen LogP contribution in [0.5, 0.6) is 17.2 Å². The number of likely N-dealkylation sites (N-methyl/N-ethyl adjacent to an activating group) is 1. The molecule has 0 spiro atoms. The third-order valence-electron chi connectivity index (χ3n) is 4.56. The molecule has 0 amide bonds. The van der Waals surface area contributed by atoms with Gasteiger partial charge in [0.2, 0.25) is 0 Å². The summed E-state index contributed by atoms with van der Waals surface area (Å²) in [6, 6.07) is 9.53. The number of fused-ring (bicyclic) bond motifs is 2. The predicted octanol–water partition coefficient (Wildman–Crippen LogP) is -0.386. The Bertz CT molecular complexity index is 1060. The minimum atomic E-state index is -4.88. The molecule has 0 aliphatic carbocycles. The van der Waals surface area contributed by atoms with Gasteiger partial charge in [-0.25, -0.2) is 13.4 Å². The van der Waals surface area contributed by atoms with Crippen molar-refractivity contribution in [3.8, 4) is 17.2 Å². The normalized spacial score (nSPS) is 16.5. The summed E-state index contributed by atoms with van der Waals surface area (Å²) in [6.45, 7) is 3.28. The molecule has 148 valence electrons. The third-order valence-corrected chi connectivity index (χ3v) is 5.19. The van der Waals surface area contributed by atoms with Gasteiger partial charge in [0.25, 0.3) is 10.4 Å². The molecule has 29 heavy (non-hydrogen) atoms. The number of hydrogen-bond donors (Lipinski definition) is 0. The summed E-state index contributed by atoms with van der Waals surface area (Å²) >= 11 is 6.21. The first-order chi connectivity index (χ1) is 13.3. The van der Waals surface area contributed by atoms with E-state index in [9.17, 15) is 13.0 Å². The van der Waals surface area contributed by atoms with E-state index in [1.165, 1.54) is 18.2 Å². The van der Waals surface area contributed by atoms with Gasteiger partial charge in [0.15, 0.2) is 5.75 Å². The van der Waals surface area contributed by atoms with Gasteiger partial charge in [-0.2, -0.15) is 0 Å². The maximum Gasteiger partial charge on any atom is 1.00 e. The quantitative estimate of drug-likeness (QED) is 0.353. The molecule has 2 aliphatic heterocycles. The Labute approximate surface area is 196 Å². The Morgan fingerprint density at radius 3 is 2.48 bits per heavy atom. The second-order valence-corrected chi connectivity index (χ2v) is 8.01. The van der Waals surface area contributed by atoms with Crippen LogP contribution in [0.25, 0.3) is 0 Å². The van der Waals surface area contributed by atoms with Gasteiger partial charge in [-0.15, -0.1) is 0 Å². The first-order valence-electron chi connectivity index (χ1n) is 8.58. The van der Waals surface area contributed by atoms with Crippen LogP contribution >= 0.6 is 11.6 Å². The summed E-state index contributed by atoms with van der Waals surface area (Å²) in [6.07, 6.45) is 0. The van der Waals surface area contributed by atoms with Crippen molar-refractivity contribution in [2.24, 2.45) is 4.99 Å². The van der Waals surface area contributed by atoms with E-state index in [2.05, 4.69) is 21.0 Å². The molecule has 2 aliphatic rings. The molecule has 0 radical (unpaired) electrons. The first-order valence-corrected chi connectivity index (χ1v) is 10.3. The average molecular weight is 446 g/mol. The molecule has 0 N–H and O–H groups in total. The topological polar surface area (TPSA) is 94.5 Å². The fourth-order valence-electron chi connectivity index (χ4n) is 3.16. The van der Waals surface area contributed by atoms with Crippen LogP contribution in [0, 0.1) is 0 Å². The van der Waals surface area contributed by atoms with Gasteiger partial charge in [-0.1, -0.05) is 11.6 Å². The number of amidine groups is 1. The molecule has 11 heteroatoms. The van der Waals surface area contributed by atoms with Crippen molar-refractivity contribution in [1.29, 1.82) is 0 Å². The van der Waals surface area contributed by atoms with Gasteiger partial charge >= 0.3 is 29.6 Å². The molecule has 1 fully saturated rings. The van der Waals surface area contributed by atoms with Crippen LogP contribution in [0.4, 0.5) is 5.69 Å². The summed E-state index contributed by atoms with van der Waals surface area (Å²) in [7, 11) is -2.83. The van der Waals surface area contributed by atoms with Crippen LogP contribution in [0.15, 0.2) is 41.4 Å². The summed E-state index contributed by atoms with van der Waals surface area (Å²) in [5.74, 6) is 1.56. The van der Waals surface area contributed by atoms with E-state index in [1.54, 1.807) is 18.2 Å². The monoisotopic (exact) mass is 445 g/mol. The molecule has 8 nitrogen and oxygen atoms in total. The molecular weight excluding hydrogens is 429 g/mol. The molecule has 0 saturated carbocycles. The fourth-order valence-corrected chi connectivity index (χ4v) is 3.67. The van der Waals surface area contributed by atoms with E-state index in [1.807, 2.05) is 0 Å². The maximum absolute atomic E-state index is 10.9. The summed E-state index contributed by atoms with van der Waals surface area (Å²) < 4.78 is 43.2. The standard InChI is InChI=1S/C18H18ClN3O5S.Na/c1-21-6-8-22(9-7-21)18-14-10-12(19)2-4-16(14)26-17-5-3-13(11-15(17)20-18)27-28(23,24)25;/h2-5,10-11H,6-9H2,1H3,(H,23,24,25);/q;+1/p-1. The van der Waals surface area contributed by atoms with E-state index in [-0.39, 0.29) is 35.3 Å². The van der Waals surface area contributed by atoms with Gasteiger partial charge in [-0.05, 0) is 37.4 Å². The van der Waals surface area contributed by atoms with E-state index in [0.717, 1.165) is 31.7 Å². The molecule has 1 saturated heterocycles. The Kier molecular flexibility index (Phi) is 6.79. The van der Waals surface area contributed by atoms with Gasteiger partial charge in [0.05, 0.1) is 5.56 Å². The summed E-state index contributed by atoms with van der Waals surface area (Å²) in [5, 5.41) is 0.552. The van der Waals surface area contributed by atoms with Gasteiger partial charge < -0.3 is 23.3 Å². The largest absolute Gasteiger partial charge is 1.00 e. The number of aliphatic imine (C=N–C) groups is 1. The molecule has 2 aromatic carbocycles. The number of ether oxygens (including phenoxy) is 1. The summed E-state index contributed by atoms with van der Waals surface area (Å²) in [5.41, 5.74) is 1.11. The van der Waals surface area contributed by atoms with Crippen LogP contribution in [-0.4, -0.2) is 61.8 Å². The number of hydrogen-bond acceptors (Lipinski definition) is 8. The molecule has 2 heterocycles. The molecular formula is C18H17ClN3NaO5S. The Morgan fingerprint density at radius 2 is 1.79 bits per heavy atom. The van der Waals surface area contributed by atoms with E-state index < -0.39 is 10.4 Å². The van der Waals surface area contributed by atoms with Crippen LogP contribution < -0.4 is 38.5 Å². The Morgan fingerprint density at radius 1 is 1.10 bits per heavy atom. The zero-order chi connectivity index (χ0) is 19.9. The van der Waals surface area contributed by atoms with Crippen LogP contribution in [0.3, 0.4) is 0 Å². The van der Waals surface area contributed by atoms with Crippen LogP contribution in [-0.2, 0) is 10.4 Å². The SMILES string of the molecule is CN1CCN(C2=Nc3cc(OS(=O)(=O)[O-])ccc3Oc3ccc(Cl)cc32)CC1.[Na+]. The van der Waals surface area contributed by atoms with Crippen LogP contribution in [0.1, 0.15) is 5.56 Å². The van der Waals surface area contributed by atoms with Gasteiger partial charge in [0, 0.05) is 37.3 Å². The Hall–Kier alpha value is -1.33. The van der Waals surface area contributed by atoms with Crippen molar-refractivity contribution in [2.75, 3.05) is 33.2 Å². The molecule has 2 aromatic rings. The molecule has 0 unspecified atom stereocenters. The number of rotatable bonds is 2. The summed E-state index contributed by atoms with van der Waals surface area (Å²) in [4.78, 5) is 9.08. The number of nitrogens with zero attached hydrogens (tertiary/aromatic N) is 3. The minimum Gasteiger partial charge on any atom is -0.716 e. The van der Waals surface area contributed by atoms with Crippen molar-refractivity contribution in [1.82, 2.24) is 9.80 Å². The average Bonchev–Trinajstić information content (AvgIpc) is 2.77. The van der Waals surface area contributed by atoms with Gasteiger partial charge in [-0.3, -0.25) is 0 Å². The number of benzene rings is 2. The van der Waals surface area contributed by atoms with Crippen molar-refractivity contribution in [3.05, 3.63) is 47.0 Å². The first kappa shape index (κ1) is 22.4. The van der Waals surface area contributed by atoms with E-state index in [4.69, 9.17) is 21.3 Å².